The van der Waals surface area contributed by atoms with Crippen molar-refractivity contribution in [2.45, 2.75) is 19.4 Å². The molecule has 1 N–H and O–H groups in total. The quantitative estimate of drug-likeness (QED) is 0.776. The number of carbonyl (C=O) groups is 1. The third-order valence-electron chi connectivity index (χ3n) is 3.75. The van der Waals surface area contributed by atoms with Gasteiger partial charge in [0.25, 0.3) is 0 Å². The SMILES string of the molecule is CC[C@@H](C(=O)Nc1ccc(OC)cc1)N(c1cccc(Cl)c1)S(C)(=O)=O. The molecule has 0 radical (unpaired) electrons. The molecule has 0 saturated carbocycles. The number of sulfonamides is 1. The van der Waals surface area contributed by atoms with Crippen molar-refractivity contribution < 1.29 is 17.9 Å². The number of ether oxygens (including phenoxy) is 1. The van der Waals surface area contributed by atoms with Crippen molar-refractivity contribution >= 4 is 38.9 Å². The van der Waals surface area contributed by atoms with Gasteiger partial charge in [0.15, 0.2) is 0 Å². The highest BCUT2D eigenvalue weighted by Gasteiger charge is 2.31. The van der Waals surface area contributed by atoms with E-state index < -0.39 is 22.0 Å². The van der Waals surface area contributed by atoms with E-state index in [4.69, 9.17) is 16.3 Å². The first-order valence-corrected chi connectivity index (χ1v) is 10.2. The molecule has 0 fully saturated rings. The minimum atomic E-state index is -3.70. The first-order chi connectivity index (χ1) is 12.3. The topological polar surface area (TPSA) is 75.7 Å². The Hall–Kier alpha value is -2.25. The average molecular weight is 397 g/mol. The predicted molar refractivity (Wildman–Crippen MR) is 104 cm³/mol. The molecule has 0 heterocycles. The van der Waals surface area contributed by atoms with Crippen molar-refractivity contribution in [2.24, 2.45) is 0 Å². The second-order valence-electron chi connectivity index (χ2n) is 5.68. The van der Waals surface area contributed by atoms with E-state index in [1.165, 1.54) is 6.07 Å². The normalized spacial score (nSPS) is 12.3. The van der Waals surface area contributed by atoms with Crippen LogP contribution in [0.1, 0.15) is 13.3 Å². The van der Waals surface area contributed by atoms with E-state index in [9.17, 15) is 13.2 Å². The molecule has 2 rings (SSSR count). The van der Waals surface area contributed by atoms with Crippen molar-refractivity contribution in [1.82, 2.24) is 0 Å². The van der Waals surface area contributed by atoms with Gasteiger partial charge in [0.1, 0.15) is 11.8 Å². The van der Waals surface area contributed by atoms with E-state index in [-0.39, 0.29) is 0 Å². The van der Waals surface area contributed by atoms with Gasteiger partial charge >= 0.3 is 0 Å². The van der Waals surface area contributed by atoms with E-state index >= 15 is 0 Å². The molecule has 0 aliphatic carbocycles. The Bertz CT molecular complexity index is 869. The number of nitrogens with zero attached hydrogens (tertiary/aromatic N) is 1. The first-order valence-electron chi connectivity index (χ1n) is 7.96. The molecular weight excluding hydrogens is 376 g/mol. The van der Waals surface area contributed by atoms with Crippen LogP contribution in [0, 0.1) is 0 Å². The molecule has 0 aromatic heterocycles. The zero-order valence-corrected chi connectivity index (χ0v) is 16.3. The summed E-state index contributed by atoms with van der Waals surface area (Å²) in [7, 11) is -2.15. The molecule has 0 saturated heterocycles. The van der Waals surface area contributed by atoms with Gasteiger partial charge < -0.3 is 10.1 Å². The summed E-state index contributed by atoms with van der Waals surface area (Å²) in [6.07, 6.45) is 1.36. The third kappa shape index (κ3) is 4.89. The number of rotatable bonds is 7. The van der Waals surface area contributed by atoms with Gasteiger partial charge in [-0.05, 0) is 48.9 Å². The monoisotopic (exact) mass is 396 g/mol. The number of methoxy groups -OCH3 is 1. The van der Waals surface area contributed by atoms with E-state index in [1.54, 1.807) is 56.5 Å². The van der Waals surface area contributed by atoms with Gasteiger partial charge in [-0.3, -0.25) is 9.10 Å². The maximum absolute atomic E-state index is 12.8. The van der Waals surface area contributed by atoms with Crippen molar-refractivity contribution in [1.29, 1.82) is 0 Å². The van der Waals surface area contributed by atoms with Crippen LogP contribution < -0.4 is 14.4 Å². The zero-order chi connectivity index (χ0) is 19.3. The second-order valence-corrected chi connectivity index (χ2v) is 7.98. The number of carbonyl (C=O) groups excluding carboxylic acids is 1. The Kier molecular flexibility index (Phi) is 6.50. The molecular formula is C18H21ClN2O4S. The van der Waals surface area contributed by atoms with Gasteiger partial charge in [0, 0.05) is 10.7 Å². The van der Waals surface area contributed by atoms with Crippen LogP contribution in [-0.4, -0.2) is 33.7 Å². The highest BCUT2D eigenvalue weighted by atomic mass is 35.5. The molecule has 0 aliphatic heterocycles. The van der Waals surface area contributed by atoms with Crippen LogP contribution in [0.15, 0.2) is 48.5 Å². The summed E-state index contributed by atoms with van der Waals surface area (Å²) >= 11 is 5.99. The fourth-order valence-electron chi connectivity index (χ4n) is 2.57. The standard InChI is InChI=1S/C18H21ClN2O4S/c1-4-17(18(22)20-14-8-10-16(25-2)11-9-14)21(26(3,23)24)15-7-5-6-13(19)12-15/h5-12,17H,4H2,1-3H3,(H,20,22)/t17-/m0/s1. The Labute approximate surface area is 158 Å². The van der Waals surface area contributed by atoms with E-state index in [2.05, 4.69) is 5.32 Å². The lowest BCUT2D eigenvalue weighted by atomic mass is 10.2. The van der Waals surface area contributed by atoms with Gasteiger partial charge in [0.2, 0.25) is 15.9 Å². The molecule has 0 spiro atoms. The lowest BCUT2D eigenvalue weighted by Gasteiger charge is -2.30. The van der Waals surface area contributed by atoms with Crippen molar-refractivity contribution in [3.63, 3.8) is 0 Å². The summed E-state index contributed by atoms with van der Waals surface area (Å²) in [6.45, 7) is 1.75. The predicted octanol–water partition coefficient (Wildman–Crippen LogP) is 3.53. The number of hydrogen-bond donors (Lipinski definition) is 1. The summed E-state index contributed by atoms with van der Waals surface area (Å²) in [5.74, 6) is 0.231. The molecule has 140 valence electrons. The number of hydrogen-bond acceptors (Lipinski definition) is 4. The van der Waals surface area contributed by atoms with Crippen molar-refractivity contribution in [2.75, 3.05) is 23.0 Å². The Morgan fingerprint density at radius 2 is 1.88 bits per heavy atom. The Morgan fingerprint density at radius 3 is 2.38 bits per heavy atom. The maximum atomic E-state index is 12.8. The van der Waals surface area contributed by atoms with Gasteiger partial charge in [-0.2, -0.15) is 0 Å². The number of nitrogens with one attached hydrogen (secondary N) is 1. The van der Waals surface area contributed by atoms with Crippen molar-refractivity contribution in [3.05, 3.63) is 53.6 Å². The van der Waals surface area contributed by atoms with E-state index in [0.717, 1.165) is 10.6 Å². The van der Waals surface area contributed by atoms with Crippen LogP contribution in [0.25, 0.3) is 0 Å². The van der Waals surface area contributed by atoms with Gasteiger partial charge in [0.05, 0.1) is 19.1 Å². The highest BCUT2D eigenvalue weighted by molar-refractivity contribution is 7.92. The Morgan fingerprint density at radius 1 is 1.23 bits per heavy atom. The molecule has 0 bridgehead atoms. The second kappa shape index (κ2) is 8.42. The fourth-order valence-corrected chi connectivity index (χ4v) is 3.96. The zero-order valence-electron chi connectivity index (χ0n) is 14.8. The molecule has 0 aliphatic rings. The average Bonchev–Trinajstić information content (AvgIpc) is 2.58. The van der Waals surface area contributed by atoms with Crippen LogP contribution in [-0.2, 0) is 14.8 Å². The van der Waals surface area contributed by atoms with E-state index in [1.807, 2.05) is 0 Å². The van der Waals surface area contributed by atoms with Crippen LogP contribution in [0.2, 0.25) is 5.02 Å². The highest BCUT2D eigenvalue weighted by Crippen LogP contribution is 2.26. The summed E-state index contributed by atoms with van der Waals surface area (Å²) < 4.78 is 30.9. The third-order valence-corrected chi connectivity index (χ3v) is 5.16. The molecule has 1 atom stereocenters. The number of amides is 1. The summed E-state index contributed by atoms with van der Waals surface area (Å²) in [4.78, 5) is 12.8. The fraction of sp³-hybridized carbons (Fsp3) is 0.278. The Balaban J connectivity index is 2.33. The van der Waals surface area contributed by atoms with Gasteiger partial charge in [-0.25, -0.2) is 8.42 Å². The number of halogens is 1. The molecule has 0 unspecified atom stereocenters. The summed E-state index contributed by atoms with van der Waals surface area (Å²) in [6, 6.07) is 12.3. The minimum Gasteiger partial charge on any atom is -0.497 e. The maximum Gasteiger partial charge on any atom is 0.248 e. The van der Waals surface area contributed by atoms with Crippen molar-refractivity contribution in [3.8, 4) is 5.75 Å². The summed E-state index contributed by atoms with van der Waals surface area (Å²) in [5.41, 5.74) is 0.894. The number of benzene rings is 2. The minimum absolute atomic E-state index is 0.293. The molecule has 2 aromatic rings. The van der Waals surface area contributed by atoms with E-state index in [0.29, 0.717) is 28.6 Å². The molecule has 8 heteroatoms. The van der Waals surface area contributed by atoms with Gasteiger partial charge in [-0.15, -0.1) is 0 Å². The van der Waals surface area contributed by atoms with Crippen LogP contribution in [0.3, 0.4) is 0 Å². The van der Waals surface area contributed by atoms with Crippen LogP contribution in [0.5, 0.6) is 5.75 Å². The van der Waals surface area contributed by atoms with Crippen LogP contribution in [0.4, 0.5) is 11.4 Å². The summed E-state index contributed by atoms with van der Waals surface area (Å²) in [5, 5.41) is 3.14. The van der Waals surface area contributed by atoms with Crippen LogP contribution >= 0.6 is 11.6 Å². The molecule has 1 amide bonds. The first kappa shape index (κ1) is 20.1. The number of anilines is 2. The smallest absolute Gasteiger partial charge is 0.248 e. The molecule has 26 heavy (non-hydrogen) atoms. The molecule has 2 aromatic carbocycles. The largest absolute Gasteiger partial charge is 0.497 e. The lowest BCUT2D eigenvalue weighted by molar-refractivity contribution is -0.117. The molecule has 6 nitrogen and oxygen atoms in total. The van der Waals surface area contributed by atoms with Gasteiger partial charge in [-0.1, -0.05) is 24.6 Å². The lowest BCUT2D eigenvalue weighted by Crippen LogP contribution is -2.47.